The standard InChI is InChI=1S/C13H13Cl3O3/c14-13(15,16)10-7-12(18,8-11(17)19-10)6-9-4-2-1-3-5-9/h1-5,10,18H,6-8H2/t10-,12-/m0/s1. The maximum atomic E-state index is 11.6. The van der Waals surface area contributed by atoms with Crippen molar-refractivity contribution in [3.05, 3.63) is 35.9 Å². The fourth-order valence-electron chi connectivity index (χ4n) is 2.22. The van der Waals surface area contributed by atoms with Gasteiger partial charge in [0.25, 0.3) is 0 Å². The molecule has 1 aliphatic rings. The van der Waals surface area contributed by atoms with Crippen LogP contribution in [0.15, 0.2) is 30.3 Å². The van der Waals surface area contributed by atoms with Crippen LogP contribution in [-0.2, 0) is 16.0 Å². The third-order valence-electron chi connectivity index (χ3n) is 3.05. The monoisotopic (exact) mass is 322 g/mol. The molecule has 0 spiro atoms. The topological polar surface area (TPSA) is 46.5 Å². The van der Waals surface area contributed by atoms with E-state index in [1.165, 1.54) is 0 Å². The maximum absolute atomic E-state index is 11.6. The smallest absolute Gasteiger partial charge is 0.309 e. The molecule has 2 rings (SSSR count). The predicted octanol–water partition coefficient (Wildman–Crippen LogP) is 3.04. The summed E-state index contributed by atoms with van der Waals surface area (Å²) in [4.78, 5) is 11.6. The zero-order valence-corrected chi connectivity index (χ0v) is 12.3. The van der Waals surface area contributed by atoms with Crippen molar-refractivity contribution >= 4 is 40.8 Å². The van der Waals surface area contributed by atoms with Crippen LogP contribution in [0.25, 0.3) is 0 Å². The van der Waals surface area contributed by atoms with E-state index in [-0.39, 0.29) is 12.8 Å². The highest BCUT2D eigenvalue weighted by Gasteiger charge is 2.47. The summed E-state index contributed by atoms with van der Waals surface area (Å²) >= 11 is 17.3. The third-order valence-corrected chi connectivity index (χ3v) is 3.78. The molecule has 2 atom stereocenters. The average Bonchev–Trinajstić information content (AvgIpc) is 2.27. The molecule has 0 aromatic heterocycles. The normalized spacial score (nSPS) is 28.0. The summed E-state index contributed by atoms with van der Waals surface area (Å²) in [6, 6.07) is 9.37. The summed E-state index contributed by atoms with van der Waals surface area (Å²) < 4.78 is 3.25. The fourth-order valence-corrected chi connectivity index (χ4v) is 2.59. The fraction of sp³-hybridized carbons (Fsp3) is 0.462. The number of hydrogen-bond acceptors (Lipinski definition) is 3. The van der Waals surface area contributed by atoms with E-state index in [0.29, 0.717) is 6.42 Å². The van der Waals surface area contributed by atoms with Crippen molar-refractivity contribution in [2.75, 3.05) is 0 Å². The van der Waals surface area contributed by atoms with Gasteiger partial charge in [-0.3, -0.25) is 4.79 Å². The first-order chi connectivity index (χ1) is 8.78. The van der Waals surface area contributed by atoms with Gasteiger partial charge in [-0.15, -0.1) is 0 Å². The molecule has 1 aromatic carbocycles. The lowest BCUT2D eigenvalue weighted by molar-refractivity contribution is -0.169. The number of halogens is 3. The highest BCUT2D eigenvalue weighted by Crippen LogP contribution is 2.41. The largest absolute Gasteiger partial charge is 0.458 e. The lowest BCUT2D eigenvalue weighted by Gasteiger charge is -2.38. The van der Waals surface area contributed by atoms with Crippen LogP contribution in [0.5, 0.6) is 0 Å². The Hall–Kier alpha value is -0.480. The Labute approximate surface area is 126 Å². The summed E-state index contributed by atoms with van der Waals surface area (Å²) in [6.07, 6.45) is -0.615. The summed E-state index contributed by atoms with van der Waals surface area (Å²) in [7, 11) is 0. The van der Waals surface area contributed by atoms with E-state index in [2.05, 4.69) is 0 Å². The van der Waals surface area contributed by atoms with Gasteiger partial charge in [-0.2, -0.15) is 0 Å². The minimum absolute atomic E-state index is 0.0981. The molecule has 1 N–H and O–H groups in total. The van der Waals surface area contributed by atoms with Gasteiger partial charge in [-0.05, 0) is 5.56 Å². The zero-order chi connectivity index (χ0) is 14.1. The Morgan fingerprint density at radius 1 is 1.32 bits per heavy atom. The molecule has 0 saturated carbocycles. The Morgan fingerprint density at radius 2 is 1.95 bits per heavy atom. The number of cyclic esters (lactones) is 1. The van der Waals surface area contributed by atoms with Crippen molar-refractivity contribution in [2.45, 2.75) is 34.8 Å². The van der Waals surface area contributed by atoms with Gasteiger partial charge >= 0.3 is 5.97 Å². The van der Waals surface area contributed by atoms with Crippen LogP contribution in [0, 0.1) is 0 Å². The SMILES string of the molecule is O=C1C[C@](O)(Cc2ccccc2)C[C@@H](C(Cl)(Cl)Cl)O1. The number of hydrogen-bond donors (Lipinski definition) is 1. The molecule has 19 heavy (non-hydrogen) atoms. The van der Waals surface area contributed by atoms with E-state index in [1.807, 2.05) is 30.3 Å². The summed E-state index contributed by atoms with van der Waals surface area (Å²) in [6.45, 7) is 0. The van der Waals surface area contributed by atoms with Crippen molar-refractivity contribution in [1.82, 2.24) is 0 Å². The molecule has 1 heterocycles. The molecule has 1 saturated heterocycles. The minimum Gasteiger partial charge on any atom is -0.458 e. The van der Waals surface area contributed by atoms with E-state index < -0.39 is 21.5 Å². The molecule has 1 fully saturated rings. The Balaban J connectivity index is 2.15. The highest BCUT2D eigenvalue weighted by atomic mass is 35.6. The average molecular weight is 324 g/mol. The van der Waals surface area contributed by atoms with Gasteiger partial charge in [0.2, 0.25) is 3.79 Å². The molecular formula is C13H13Cl3O3. The zero-order valence-electron chi connectivity index (χ0n) is 9.98. The molecule has 104 valence electrons. The van der Waals surface area contributed by atoms with Crippen molar-refractivity contribution in [2.24, 2.45) is 0 Å². The second kappa shape index (κ2) is 5.49. The van der Waals surface area contributed by atoms with Gasteiger partial charge in [0, 0.05) is 12.8 Å². The van der Waals surface area contributed by atoms with Crippen LogP contribution in [-0.4, -0.2) is 26.6 Å². The van der Waals surface area contributed by atoms with Gasteiger partial charge in [-0.1, -0.05) is 65.1 Å². The van der Waals surface area contributed by atoms with Crippen LogP contribution in [0.3, 0.4) is 0 Å². The van der Waals surface area contributed by atoms with E-state index in [9.17, 15) is 9.90 Å². The second-order valence-electron chi connectivity index (χ2n) is 4.79. The molecule has 1 aliphatic heterocycles. The van der Waals surface area contributed by atoms with Gasteiger partial charge in [-0.25, -0.2) is 0 Å². The molecule has 0 unspecified atom stereocenters. The number of aliphatic hydroxyl groups is 1. The molecule has 1 aromatic rings. The van der Waals surface area contributed by atoms with Crippen LogP contribution >= 0.6 is 34.8 Å². The van der Waals surface area contributed by atoms with Crippen molar-refractivity contribution in [1.29, 1.82) is 0 Å². The van der Waals surface area contributed by atoms with E-state index >= 15 is 0 Å². The third kappa shape index (κ3) is 3.99. The van der Waals surface area contributed by atoms with Gasteiger partial charge in [0.05, 0.1) is 12.0 Å². The molecule has 6 heteroatoms. The summed E-state index contributed by atoms with van der Waals surface area (Å²) in [5, 5.41) is 10.6. The quantitative estimate of drug-likeness (QED) is 0.672. The van der Waals surface area contributed by atoms with Crippen LogP contribution in [0.4, 0.5) is 0 Å². The lowest BCUT2D eigenvalue weighted by atomic mass is 9.84. The van der Waals surface area contributed by atoms with Gasteiger partial charge < -0.3 is 9.84 Å². The van der Waals surface area contributed by atoms with E-state index in [1.54, 1.807) is 0 Å². The van der Waals surface area contributed by atoms with E-state index in [0.717, 1.165) is 5.56 Å². The first-order valence-corrected chi connectivity index (χ1v) is 6.94. The summed E-state index contributed by atoms with van der Waals surface area (Å²) in [5.74, 6) is -0.555. The minimum atomic E-state index is -1.74. The van der Waals surface area contributed by atoms with Crippen LogP contribution in [0.1, 0.15) is 18.4 Å². The molecule has 0 aliphatic carbocycles. The number of esters is 1. The Morgan fingerprint density at radius 3 is 2.53 bits per heavy atom. The molecule has 3 nitrogen and oxygen atoms in total. The number of carbonyl (C=O) groups is 1. The number of benzene rings is 1. The number of ether oxygens (including phenoxy) is 1. The molecule has 0 radical (unpaired) electrons. The number of carbonyl (C=O) groups excluding carboxylic acids is 1. The number of rotatable bonds is 2. The second-order valence-corrected chi connectivity index (χ2v) is 7.16. The van der Waals surface area contributed by atoms with Crippen molar-refractivity contribution in [3.63, 3.8) is 0 Å². The number of alkyl halides is 3. The van der Waals surface area contributed by atoms with Crippen LogP contribution < -0.4 is 0 Å². The van der Waals surface area contributed by atoms with E-state index in [4.69, 9.17) is 39.5 Å². The maximum Gasteiger partial charge on any atom is 0.309 e. The Kier molecular flexibility index (Phi) is 4.31. The molecular weight excluding hydrogens is 310 g/mol. The van der Waals surface area contributed by atoms with Crippen molar-refractivity contribution < 1.29 is 14.6 Å². The van der Waals surface area contributed by atoms with Gasteiger partial charge in [0.15, 0.2) is 6.10 Å². The predicted molar refractivity (Wildman–Crippen MR) is 74.5 cm³/mol. The first kappa shape index (κ1) is 14.9. The molecule has 0 amide bonds. The summed E-state index contributed by atoms with van der Waals surface area (Å²) in [5.41, 5.74) is -0.326. The van der Waals surface area contributed by atoms with Crippen LogP contribution in [0.2, 0.25) is 0 Å². The van der Waals surface area contributed by atoms with Crippen molar-refractivity contribution in [3.8, 4) is 0 Å². The Bertz CT molecular complexity index is 458. The van der Waals surface area contributed by atoms with Gasteiger partial charge in [0.1, 0.15) is 0 Å². The highest BCUT2D eigenvalue weighted by molar-refractivity contribution is 6.68. The lowest BCUT2D eigenvalue weighted by Crippen LogP contribution is -2.49. The molecule has 0 bridgehead atoms. The first-order valence-electron chi connectivity index (χ1n) is 5.81.